The van der Waals surface area contributed by atoms with Gasteiger partial charge in [0.15, 0.2) is 0 Å². The summed E-state index contributed by atoms with van der Waals surface area (Å²) in [5, 5.41) is 0. The topological polar surface area (TPSA) is 51.9 Å². The predicted octanol–water partition coefficient (Wildman–Crippen LogP) is 5.31. The van der Waals surface area contributed by atoms with E-state index in [9.17, 15) is 4.79 Å². The van der Waals surface area contributed by atoms with Crippen LogP contribution < -0.4 is 9.64 Å². The highest BCUT2D eigenvalue weighted by Gasteiger charge is 2.21. The number of carbonyl (C=O) groups excluding carboxylic acids is 1. The highest BCUT2D eigenvalue weighted by Crippen LogP contribution is 2.36. The van der Waals surface area contributed by atoms with Gasteiger partial charge in [0.25, 0.3) is 0 Å². The number of methoxy groups -OCH3 is 1. The molecule has 0 bridgehead atoms. The van der Waals surface area contributed by atoms with E-state index in [2.05, 4.69) is 29.2 Å². The summed E-state index contributed by atoms with van der Waals surface area (Å²) in [5.41, 5.74) is 4.76. The second-order valence-electron chi connectivity index (χ2n) is 7.11. The van der Waals surface area contributed by atoms with Crippen LogP contribution in [0, 0.1) is 0 Å². The minimum absolute atomic E-state index is 0.291. The fraction of sp³-hybridized carbons (Fsp3) is 0.240. The molecule has 3 aromatic rings. The number of fused-ring (bicyclic) bond motifs is 1. The molecule has 0 saturated heterocycles. The molecular weight excluding hydrogens is 378 g/mol. The molecule has 0 amide bonds. The van der Waals surface area contributed by atoms with Crippen molar-refractivity contribution >= 4 is 17.7 Å². The molecule has 0 spiro atoms. The normalized spacial score (nSPS) is 13.3. The lowest BCUT2D eigenvalue weighted by atomic mass is 9.99. The Labute approximate surface area is 176 Å². The highest BCUT2D eigenvalue weighted by atomic mass is 16.5. The number of hydrogen-bond donors (Lipinski definition) is 0. The number of carbonyl (C=O) groups is 1. The summed E-state index contributed by atoms with van der Waals surface area (Å²) in [5.74, 6) is 1.44. The van der Waals surface area contributed by atoms with Gasteiger partial charge < -0.3 is 18.8 Å². The Morgan fingerprint density at radius 2 is 2.00 bits per heavy atom. The van der Waals surface area contributed by atoms with Crippen LogP contribution in [-0.2, 0) is 16.1 Å². The lowest BCUT2D eigenvalue weighted by Gasteiger charge is -2.24. The number of ether oxygens (including phenoxy) is 2. The van der Waals surface area contributed by atoms with Crippen molar-refractivity contribution in [3.8, 4) is 16.9 Å². The molecule has 0 unspecified atom stereocenters. The zero-order valence-corrected chi connectivity index (χ0v) is 17.3. The molecule has 4 rings (SSSR count). The molecule has 154 valence electrons. The summed E-state index contributed by atoms with van der Waals surface area (Å²) >= 11 is 0. The smallest absolute Gasteiger partial charge is 0.333 e. The Bertz CT molecular complexity index is 1050. The Balaban J connectivity index is 1.78. The van der Waals surface area contributed by atoms with Crippen molar-refractivity contribution < 1.29 is 18.7 Å². The van der Waals surface area contributed by atoms with Crippen LogP contribution in [0.25, 0.3) is 17.2 Å². The molecule has 0 N–H and O–H groups in total. The van der Waals surface area contributed by atoms with Crippen molar-refractivity contribution in [1.29, 1.82) is 0 Å². The van der Waals surface area contributed by atoms with Crippen LogP contribution in [0.5, 0.6) is 5.75 Å². The first-order valence-corrected chi connectivity index (χ1v) is 10.1. The van der Waals surface area contributed by atoms with Crippen LogP contribution in [0.4, 0.5) is 5.69 Å². The van der Waals surface area contributed by atoms with E-state index in [0.717, 1.165) is 33.9 Å². The molecule has 1 aromatic heterocycles. The molecule has 2 heterocycles. The predicted molar refractivity (Wildman–Crippen MR) is 117 cm³/mol. The van der Waals surface area contributed by atoms with Gasteiger partial charge in [-0.1, -0.05) is 24.3 Å². The Hall–Kier alpha value is -3.47. The molecule has 0 saturated carbocycles. The molecule has 30 heavy (non-hydrogen) atoms. The third-order valence-electron chi connectivity index (χ3n) is 5.22. The summed E-state index contributed by atoms with van der Waals surface area (Å²) < 4.78 is 16.4. The van der Waals surface area contributed by atoms with Gasteiger partial charge in [0.2, 0.25) is 0 Å². The van der Waals surface area contributed by atoms with E-state index in [1.54, 1.807) is 6.26 Å². The van der Waals surface area contributed by atoms with E-state index in [1.165, 1.54) is 7.11 Å². The fourth-order valence-corrected chi connectivity index (χ4v) is 3.79. The van der Waals surface area contributed by atoms with Gasteiger partial charge >= 0.3 is 5.97 Å². The van der Waals surface area contributed by atoms with Crippen LogP contribution in [-0.4, -0.2) is 26.2 Å². The number of esters is 1. The van der Waals surface area contributed by atoms with E-state index in [4.69, 9.17) is 13.9 Å². The quantitative estimate of drug-likeness (QED) is 0.522. The molecule has 5 nitrogen and oxygen atoms in total. The van der Waals surface area contributed by atoms with E-state index < -0.39 is 0 Å². The average molecular weight is 403 g/mol. The first-order chi connectivity index (χ1) is 14.7. The minimum Gasteiger partial charge on any atom is -0.493 e. The molecule has 0 fully saturated rings. The zero-order chi connectivity index (χ0) is 20.9. The molecular formula is C25H25NO4. The SMILES string of the molecule is CCOc1ccccc1-c1ccc2c(c1)C=C(C(=O)OC)CCN2Cc1ccco1. The Morgan fingerprint density at radius 1 is 1.13 bits per heavy atom. The number of hydrogen-bond acceptors (Lipinski definition) is 5. The first-order valence-electron chi connectivity index (χ1n) is 10.1. The summed E-state index contributed by atoms with van der Waals surface area (Å²) in [4.78, 5) is 14.5. The van der Waals surface area contributed by atoms with Crippen molar-refractivity contribution in [3.63, 3.8) is 0 Å². The third kappa shape index (κ3) is 4.10. The maximum atomic E-state index is 12.3. The maximum Gasteiger partial charge on any atom is 0.333 e. The first kappa shape index (κ1) is 19.8. The van der Waals surface area contributed by atoms with E-state index in [1.807, 2.05) is 43.3 Å². The van der Waals surface area contributed by atoms with Crippen LogP contribution in [0.2, 0.25) is 0 Å². The van der Waals surface area contributed by atoms with Crippen molar-refractivity contribution in [1.82, 2.24) is 0 Å². The minimum atomic E-state index is -0.291. The lowest BCUT2D eigenvalue weighted by molar-refractivity contribution is -0.136. The van der Waals surface area contributed by atoms with Gasteiger partial charge in [-0.05, 0) is 60.9 Å². The lowest BCUT2D eigenvalue weighted by Crippen LogP contribution is -2.24. The van der Waals surface area contributed by atoms with Crippen LogP contribution >= 0.6 is 0 Å². The van der Waals surface area contributed by atoms with Crippen molar-refractivity contribution in [2.45, 2.75) is 19.9 Å². The van der Waals surface area contributed by atoms with Gasteiger partial charge in [-0.15, -0.1) is 0 Å². The number of furan rings is 1. The fourth-order valence-electron chi connectivity index (χ4n) is 3.79. The summed E-state index contributed by atoms with van der Waals surface area (Å²) in [6.07, 6.45) is 4.23. The molecule has 0 radical (unpaired) electrons. The monoisotopic (exact) mass is 403 g/mol. The highest BCUT2D eigenvalue weighted by molar-refractivity contribution is 5.96. The van der Waals surface area contributed by atoms with Crippen LogP contribution in [0.3, 0.4) is 0 Å². The summed E-state index contributed by atoms with van der Waals surface area (Å²) in [6, 6.07) is 18.2. The van der Waals surface area contributed by atoms with Gasteiger partial charge in [-0.3, -0.25) is 0 Å². The van der Waals surface area contributed by atoms with Gasteiger partial charge in [-0.25, -0.2) is 4.79 Å². The van der Waals surface area contributed by atoms with Crippen molar-refractivity contribution in [2.24, 2.45) is 0 Å². The zero-order valence-electron chi connectivity index (χ0n) is 17.3. The maximum absolute atomic E-state index is 12.3. The van der Waals surface area contributed by atoms with Gasteiger partial charge in [0, 0.05) is 23.4 Å². The third-order valence-corrected chi connectivity index (χ3v) is 5.22. The molecule has 2 aromatic carbocycles. The van der Waals surface area contributed by atoms with Crippen molar-refractivity contribution in [3.05, 3.63) is 77.8 Å². The Morgan fingerprint density at radius 3 is 2.77 bits per heavy atom. The van der Waals surface area contributed by atoms with Crippen LogP contribution in [0.15, 0.2) is 70.9 Å². The number of anilines is 1. The van der Waals surface area contributed by atoms with Gasteiger partial charge in [0.05, 0.1) is 26.5 Å². The molecule has 1 aliphatic heterocycles. The summed E-state index contributed by atoms with van der Waals surface area (Å²) in [6.45, 7) is 3.91. The van der Waals surface area contributed by atoms with E-state index in [0.29, 0.717) is 31.7 Å². The number of nitrogens with zero attached hydrogens (tertiary/aromatic N) is 1. The molecule has 0 aliphatic carbocycles. The second-order valence-corrected chi connectivity index (χ2v) is 7.11. The summed E-state index contributed by atoms with van der Waals surface area (Å²) in [7, 11) is 1.42. The number of rotatable bonds is 6. The largest absolute Gasteiger partial charge is 0.493 e. The number of para-hydroxylation sites is 1. The molecule has 1 aliphatic rings. The van der Waals surface area contributed by atoms with E-state index >= 15 is 0 Å². The molecule has 0 atom stereocenters. The second kappa shape index (κ2) is 8.91. The van der Waals surface area contributed by atoms with Crippen LogP contribution in [0.1, 0.15) is 24.7 Å². The van der Waals surface area contributed by atoms with E-state index in [-0.39, 0.29) is 5.97 Å². The Kier molecular flexibility index (Phi) is 5.89. The standard InChI is InChI=1S/C25H25NO4/c1-3-29-24-9-5-4-8-22(24)18-10-11-23-20(15-18)16-19(25(27)28-2)12-13-26(23)17-21-7-6-14-30-21/h4-11,14-16H,3,12-13,17H2,1-2H3. The van der Waals surface area contributed by atoms with Gasteiger partial charge in [0.1, 0.15) is 11.5 Å². The van der Waals surface area contributed by atoms with Crippen molar-refractivity contribution in [2.75, 3.05) is 25.2 Å². The number of benzene rings is 2. The van der Waals surface area contributed by atoms with Gasteiger partial charge in [-0.2, -0.15) is 0 Å². The molecule has 5 heteroatoms. The average Bonchev–Trinajstić information content (AvgIpc) is 3.22.